The Balaban J connectivity index is 0.858. The lowest BCUT2D eigenvalue weighted by molar-refractivity contribution is 0.654. The summed E-state index contributed by atoms with van der Waals surface area (Å²) >= 11 is 0. The van der Waals surface area contributed by atoms with Crippen molar-refractivity contribution in [2.45, 2.75) is 0 Å². The number of benzene rings is 8. The van der Waals surface area contributed by atoms with Crippen molar-refractivity contribution in [2.24, 2.45) is 0 Å². The van der Waals surface area contributed by atoms with E-state index in [0.717, 1.165) is 127 Å². The highest BCUT2D eigenvalue weighted by Gasteiger charge is 2.18. The monoisotopic (exact) mass is 846 g/mol. The van der Waals surface area contributed by atoms with Gasteiger partial charge in [0.2, 0.25) is 11.4 Å². The fourth-order valence-corrected chi connectivity index (χ4v) is 9.73. The van der Waals surface area contributed by atoms with E-state index in [1.807, 2.05) is 60.8 Å². The molecule has 14 rings (SSSR count). The summed E-state index contributed by atoms with van der Waals surface area (Å²) in [6.07, 6.45) is 3.73. The number of aromatic nitrogens is 3. The second-order valence-electron chi connectivity index (χ2n) is 16.8. The molecule has 6 heterocycles. The van der Waals surface area contributed by atoms with Gasteiger partial charge in [0.1, 0.15) is 16.7 Å². The van der Waals surface area contributed by atoms with E-state index in [-0.39, 0.29) is 0 Å². The maximum Gasteiger partial charge on any atom is 0.227 e. The SMILES string of the molecule is c1ccc2c(c1)oc1nc(-c3ccc4cc(N(c5ccc(-c6cncc7oc8ccccc8c67)cc5)c5ccc6cc(-c7ccc8c(n7)oc7ccccc78)ccc6c5)ccc4c3)ccc12. The number of fused-ring (bicyclic) bond motifs is 11. The van der Waals surface area contributed by atoms with Crippen molar-refractivity contribution in [3.63, 3.8) is 0 Å². The van der Waals surface area contributed by atoms with Crippen molar-refractivity contribution in [3.8, 4) is 33.6 Å². The third kappa shape index (κ3) is 5.80. The summed E-state index contributed by atoms with van der Waals surface area (Å²) in [7, 11) is 0. The average Bonchev–Trinajstić information content (AvgIpc) is 4.07. The first-order valence-corrected chi connectivity index (χ1v) is 22.0. The third-order valence-corrected chi connectivity index (χ3v) is 13.0. The van der Waals surface area contributed by atoms with Crippen LogP contribution in [0.15, 0.2) is 220 Å². The van der Waals surface area contributed by atoms with Crippen LogP contribution in [0, 0.1) is 0 Å². The van der Waals surface area contributed by atoms with Crippen LogP contribution in [0.4, 0.5) is 17.1 Å². The van der Waals surface area contributed by atoms with E-state index in [1.54, 1.807) is 6.20 Å². The van der Waals surface area contributed by atoms with Gasteiger partial charge in [0, 0.05) is 72.3 Å². The molecule has 0 spiro atoms. The molecule has 7 nitrogen and oxygen atoms in total. The Bertz CT molecular complexity index is 4060. The van der Waals surface area contributed by atoms with Crippen LogP contribution in [-0.2, 0) is 0 Å². The van der Waals surface area contributed by atoms with Gasteiger partial charge in [-0.15, -0.1) is 0 Å². The molecule has 6 aromatic heterocycles. The summed E-state index contributed by atoms with van der Waals surface area (Å²) in [5.74, 6) is 0. The minimum atomic E-state index is 0.643. The van der Waals surface area contributed by atoms with Crippen molar-refractivity contribution >= 4 is 105 Å². The van der Waals surface area contributed by atoms with Gasteiger partial charge in [-0.1, -0.05) is 103 Å². The molecular formula is C59H34N4O3. The largest absolute Gasteiger partial charge is 0.454 e. The van der Waals surface area contributed by atoms with Crippen LogP contribution in [0.5, 0.6) is 0 Å². The highest BCUT2D eigenvalue weighted by molar-refractivity contribution is 6.12. The smallest absolute Gasteiger partial charge is 0.227 e. The van der Waals surface area contributed by atoms with Gasteiger partial charge in [0.05, 0.1) is 17.6 Å². The molecule has 0 amide bonds. The van der Waals surface area contributed by atoms with E-state index in [1.165, 1.54) is 0 Å². The predicted molar refractivity (Wildman–Crippen MR) is 268 cm³/mol. The van der Waals surface area contributed by atoms with Crippen LogP contribution in [-0.4, -0.2) is 15.0 Å². The lowest BCUT2D eigenvalue weighted by Gasteiger charge is -2.26. The number of anilines is 3. The first-order valence-electron chi connectivity index (χ1n) is 22.0. The summed E-state index contributed by atoms with van der Waals surface area (Å²) < 4.78 is 18.5. The molecule has 0 fully saturated rings. The average molecular weight is 847 g/mol. The Kier molecular flexibility index (Phi) is 7.85. The number of nitrogens with zero attached hydrogens (tertiary/aromatic N) is 4. The normalized spacial score (nSPS) is 11.9. The fourth-order valence-electron chi connectivity index (χ4n) is 9.73. The van der Waals surface area contributed by atoms with E-state index in [9.17, 15) is 0 Å². The zero-order valence-corrected chi connectivity index (χ0v) is 35.1. The summed E-state index contributed by atoms with van der Waals surface area (Å²) in [6.45, 7) is 0. The molecule has 308 valence electrons. The van der Waals surface area contributed by atoms with Crippen molar-refractivity contribution < 1.29 is 13.3 Å². The first kappa shape index (κ1) is 36.4. The van der Waals surface area contributed by atoms with Crippen molar-refractivity contribution in [2.75, 3.05) is 4.90 Å². The van der Waals surface area contributed by atoms with Crippen LogP contribution in [0.1, 0.15) is 0 Å². The third-order valence-electron chi connectivity index (χ3n) is 13.0. The standard InChI is InChI=1S/C59H34N4O3/c1-4-10-53-45(7-1)47-25-27-51(61-58(47)65-53)40-15-13-38-31-43(23-19-36(38)29-40)63(42-21-17-35(18-22-42)50-33-60-34-56-57(50)49-9-3-6-12-55(49)64-56)44-24-20-37-30-41(16-14-39(37)32-44)52-28-26-48-46-8-2-5-11-54(46)66-59(48)62-52/h1-34H. The number of furan rings is 3. The quantitative estimate of drug-likeness (QED) is 0.165. The van der Waals surface area contributed by atoms with Gasteiger partial charge in [0.25, 0.3) is 0 Å². The Labute approximate surface area is 376 Å². The molecular weight excluding hydrogens is 813 g/mol. The molecule has 0 N–H and O–H groups in total. The molecule has 0 aliphatic rings. The molecule has 0 atom stereocenters. The van der Waals surface area contributed by atoms with Crippen LogP contribution >= 0.6 is 0 Å². The van der Waals surface area contributed by atoms with Crippen LogP contribution in [0.3, 0.4) is 0 Å². The molecule has 0 bridgehead atoms. The van der Waals surface area contributed by atoms with Crippen LogP contribution in [0.25, 0.3) is 121 Å². The minimum absolute atomic E-state index is 0.643. The summed E-state index contributed by atoms with van der Waals surface area (Å²) in [6, 6.07) is 67.8. The lowest BCUT2D eigenvalue weighted by atomic mass is 10.00. The maximum absolute atomic E-state index is 6.20. The number of hydrogen-bond acceptors (Lipinski definition) is 7. The van der Waals surface area contributed by atoms with Crippen molar-refractivity contribution in [1.82, 2.24) is 15.0 Å². The topological polar surface area (TPSA) is 81.3 Å². The molecule has 0 saturated carbocycles. The van der Waals surface area contributed by atoms with E-state index in [4.69, 9.17) is 23.2 Å². The van der Waals surface area contributed by atoms with Gasteiger partial charge >= 0.3 is 0 Å². The highest BCUT2D eigenvalue weighted by Crippen LogP contribution is 2.42. The van der Waals surface area contributed by atoms with E-state index >= 15 is 0 Å². The first-order chi connectivity index (χ1) is 32.6. The number of hydrogen-bond donors (Lipinski definition) is 0. The Morgan fingerprint density at radius 1 is 0.333 bits per heavy atom. The molecule has 14 aromatic rings. The van der Waals surface area contributed by atoms with Crippen LogP contribution in [0.2, 0.25) is 0 Å². The van der Waals surface area contributed by atoms with E-state index < -0.39 is 0 Å². The molecule has 7 heteroatoms. The summed E-state index contributed by atoms with van der Waals surface area (Å²) in [4.78, 5) is 16.8. The van der Waals surface area contributed by atoms with Gasteiger partial charge in [-0.3, -0.25) is 4.98 Å². The fraction of sp³-hybridized carbons (Fsp3) is 0. The Hall–Kier alpha value is -9.07. The molecule has 0 aliphatic carbocycles. The summed E-state index contributed by atoms with van der Waals surface area (Å²) in [5.41, 5.74) is 13.6. The van der Waals surface area contributed by atoms with Gasteiger partial charge in [0.15, 0.2) is 5.58 Å². The molecule has 0 aliphatic heterocycles. The van der Waals surface area contributed by atoms with Gasteiger partial charge < -0.3 is 18.2 Å². The van der Waals surface area contributed by atoms with Gasteiger partial charge in [-0.2, -0.15) is 0 Å². The molecule has 0 saturated heterocycles. The molecule has 0 unspecified atom stereocenters. The molecule has 8 aromatic carbocycles. The predicted octanol–water partition coefficient (Wildman–Crippen LogP) is 16.3. The number of pyridine rings is 3. The zero-order valence-electron chi connectivity index (χ0n) is 35.1. The molecule has 0 radical (unpaired) electrons. The number of rotatable bonds is 6. The Morgan fingerprint density at radius 2 is 0.803 bits per heavy atom. The van der Waals surface area contributed by atoms with Gasteiger partial charge in [-0.25, -0.2) is 9.97 Å². The van der Waals surface area contributed by atoms with Crippen LogP contribution < -0.4 is 4.90 Å². The number of para-hydroxylation sites is 3. The second-order valence-corrected chi connectivity index (χ2v) is 16.8. The van der Waals surface area contributed by atoms with Gasteiger partial charge in [-0.05, 0) is 118 Å². The highest BCUT2D eigenvalue weighted by atomic mass is 16.3. The zero-order chi connectivity index (χ0) is 43.3. The lowest BCUT2D eigenvalue weighted by Crippen LogP contribution is -2.10. The molecule has 66 heavy (non-hydrogen) atoms. The summed E-state index contributed by atoms with van der Waals surface area (Å²) in [5, 5.41) is 10.8. The van der Waals surface area contributed by atoms with Crippen molar-refractivity contribution in [1.29, 1.82) is 0 Å². The Morgan fingerprint density at radius 3 is 1.38 bits per heavy atom. The van der Waals surface area contributed by atoms with Crippen molar-refractivity contribution in [3.05, 3.63) is 207 Å². The van der Waals surface area contributed by atoms with E-state index in [0.29, 0.717) is 11.4 Å². The minimum Gasteiger partial charge on any atom is -0.454 e. The maximum atomic E-state index is 6.20. The second kappa shape index (κ2) is 14.2. The van der Waals surface area contributed by atoms with E-state index in [2.05, 4.69) is 149 Å².